The number of carboxylic acid groups (broad SMARTS) is 1. The Bertz CT molecular complexity index is 749. The van der Waals surface area contributed by atoms with Gasteiger partial charge in [0.05, 0.1) is 18.8 Å². The first-order chi connectivity index (χ1) is 11.7. The molecular weight excluding hydrogens is 308 g/mol. The van der Waals surface area contributed by atoms with Gasteiger partial charge in [0.1, 0.15) is 0 Å². The number of carboxylic acids is 1. The third-order valence-corrected chi connectivity index (χ3v) is 4.20. The molecule has 2 aromatic carbocycles. The van der Waals surface area contributed by atoms with E-state index in [1.807, 2.05) is 12.1 Å². The number of aromatic carboxylic acids is 1. The normalized spacial score (nSPS) is 15.3. The number of nitrogens with zero attached hydrogens (tertiary/aromatic N) is 1. The minimum absolute atomic E-state index is 0.145. The number of ether oxygens (including phenoxy) is 1. The standard InChI is InChI=1S/C18H20N2O4/c21-17(19-7-8-20-9-11-24-12-10-20)14-5-1-3-13-4-2-6-15(16(13)14)18(22)23/h1-6H,7-12H2,(H,19,21)(H,22,23). The molecule has 126 valence electrons. The molecule has 2 aromatic rings. The van der Waals surface area contributed by atoms with Crippen molar-refractivity contribution in [2.75, 3.05) is 39.4 Å². The number of hydrogen-bond donors (Lipinski definition) is 2. The van der Waals surface area contributed by atoms with Crippen LogP contribution in [-0.4, -0.2) is 61.3 Å². The van der Waals surface area contributed by atoms with Crippen molar-refractivity contribution >= 4 is 22.6 Å². The third-order valence-electron chi connectivity index (χ3n) is 4.20. The van der Waals surface area contributed by atoms with Crippen LogP contribution in [0.3, 0.4) is 0 Å². The number of rotatable bonds is 5. The maximum atomic E-state index is 12.5. The topological polar surface area (TPSA) is 78.9 Å². The maximum Gasteiger partial charge on any atom is 0.336 e. The Morgan fingerprint density at radius 1 is 1.08 bits per heavy atom. The Labute approximate surface area is 140 Å². The molecule has 1 aliphatic heterocycles. The van der Waals surface area contributed by atoms with E-state index in [-0.39, 0.29) is 11.5 Å². The molecule has 1 aliphatic rings. The summed E-state index contributed by atoms with van der Waals surface area (Å²) in [6, 6.07) is 10.3. The number of nitrogens with one attached hydrogen (secondary N) is 1. The molecule has 3 rings (SSSR count). The molecule has 0 aliphatic carbocycles. The summed E-state index contributed by atoms with van der Waals surface area (Å²) < 4.78 is 5.30. The highest BCUT2D eigenvalue weighted by Gasteiger charge is 2.16. The Morgan fingerprint density at radius 2 is 1.75 bits per heavy atom. The number of morpholine rings is 1. The largest absolute Gasteiger partial charge is 0.478 e. The van der Waals surface area contributed by atoms with Crippen LogP contribution in [0.15, 0.2) is 36.4 Å². The molecule has 1 heterocycles. The maximum absolute atomic E-state index is 12.5. The van der Waals surface area contributed by atoms with Gasteiger partial charge in [-0.05, 0) is 17.5 Å². The third kappa shape index (κ3) is 3.55. The molecule has 0 unspecified atom stereocenters. The summed E-state index contributed by atoms with van der Waals surface area (Å²) in [5.41, 5.74) is 0.541. The fourth-order valence-electron chi connectivity index (χ4n) is 2.96. The first-order valence-electron chi connectivity index (χ1n) is 8.00. The van der Waals surface area contributed by atoms with Crippen molar-refractivity contribution in [3.8, 4) is 0 Å². The van der Waals surface area contributed by atoms with E-state index in [4.69, 9.17) is 4.74 Å². The summed E-state index contributed by atoms with van der Waals surface area (Å²) in [5.74, 6) is -1.28. The van der Waals surface area contributed by atoms with Crippen LogP contribution in [0.5, 0.6) is 0 Å². The Hall–Kier alpha value is -2.44. The zero-order valence-electron chi connectivity index (χ0n) is 13.3. The second-order valence-corrected chi connectivity index (χ2v) is 5.72. The van der Waals surface area contributed by atoms with Gasteiger partial charge < -0.3 is 15.2 Å². The smallest absolute Gasteiger partial charge is 0.336 e. The van der Waals surface area contributed by atoms with Gasteiger partial charge >= 0.3 is 5.97 Å². The van der Waals surface area contributed by atoms with Crippen LogP contribution in [0.1, 0.15) is 20.7 Å². The predicted octanol–water partition coefficient (Wildman–Crippen LogP) is 1.60. The van der Waals surface area contributed by atoms with Crippen molar-refractivity contribution in [1.82, 2.24) is 10.2 Å². The van der Waals surface area contributed by atoms with E-state index >= 15 is 0 Å². The number of amides is 1. The molecule has 1 saturated heterocycles. The number of hydrogen-bond acceptors (Lipinski definition) is 4. The zero-order valence-corrected chi connectivity index (χ0v) is 13.3. The van der Waals surface area contributed by atoms with Gasteiger partial charge in [-0.3, -0.25) is 9.69 Å². The van der Waals surface area contributed by atoms with Crippen molar-refractivity contribution in [3.63, 3.8) is 0 Å². The minimum Gasteiger partial charge on any atom is -0.478 e. The molecule has 0 atom stereocenters. The average molecular weight is 328 g/mol. The van der Waals surface area contributed by atoms with Crippen LogP contribution in [0.2, 0.25) is 0 Å². The quantitative estimate of drug-likeness (QED) is 0.871. The van der Waals surface area contributed by atoms with Crippen LogP contribution in [0.4, 0.5) is 0 Å². The van der Waals surface area contributed by atoms with E-state index in [9.17, 15) is 14.7 Å². The first kappa shape index (κ1) is 16.4. The van der Waals surface area contributed by atoms with Gasteiger partial charge in [0.15, 0.2) is 0 Å². The lowest BCUT2D eigenvalue weighted by Crippen LogP contribution is -2.41. The van der Waals surface area contributed by atoms with Crippen molar-refractivity contribution in [3.05, 3.63) is 47.5 Å². The molecule has 0 saturated carbocycles. The lowest BCUT2D eigenvalue weighted by Gasteiger charge is -2.26. The number of benzene rings is 2. The van der Waals surface area contributed by atoms with Crippen LogP contribution in [-0.2, 0) is 4.74 Å². The van der Waals surface area contributed by atoms with E-state index in [0.717, 1.165) is 38.2 Å². The summed E-state index contributed by atoms with van der Waals surface area (Å²) in [5, 5.41) is 13.5. The molecule has 6 nitrogen and oxygen atoms in total. The second-order valence-electron chi connectivity index (χ2n) is 5.72. The lowest BCUT2D eigenvalue weighted by atomic mass is 9.98. The Morgan fingerprint density at radius 3 is 2.42 bits per heavy atom. The molecule has 24 heavy (non-hydrogen) atoms. The number of fused-ring (bicyclic) bond motifs is 1. The van der Waals surface area contributed by atoms with Crippen molar-refractivity contribution in [2.45, 2.75) is 0 Å². The van der Waals surface area contributed by atoms with Gasteiger partial charge in [-0.1, -0.05) is 24.3 Å². The van der Waals surface area contributed by atoms with Crippen LogP contribution >= 0.6 is 0 Å². The van der Waals surface area contributed by atoms with E-state index in [0.29, 0.717) is 17.5 Å². The zero-order chi connectivity index (χ0) is 16.9. The van der Waals surface area contributed by atoms with Gasteiger partial charge in [0.25, 0.3) is 5.91 Å². The first-order valence-corrected chi connectivity index (χ1v) is 8.00. The monoisotopic (exact) mass is 328 g/mol. The summed E-state index contributed by atoms with van der Waals surface area (Å²) in [7, 11) is 0. The van der Waals surface area contributed by atoms with Crippen molar-refractivity contribution < 1.29 is 19.4 Å². The van der Waals surface area contributed by atoms with Crippen LogP contribution in [0, 0.1) is 0 Å². The summed E-state index contributed by atoms with van der Waals surface area (Å²) in [6.07, 6.45) is 0. The molecule has 0 aromatic heterocycles. The van der Waals surface area contributed by atoms with Gasteiger partial charge in [-0.2, -0.15) is 0 Å². The van der Waals surface area contributed by atoms with Crippen molar-refractivity contribution in [1.29, 1.82) is 0 Å². The second kappa shape index (κ2) is 7.42. The Balaban J connectivity index is 1.75. The predicted molar refractivity (Wildman–Crippen MR) is 90.5 cm³/mol. The minimum atomic E-state index is -1.03. The van der Waals surface area contributed by atoms with Gasteiger partial charge in [0.2, 0.25) is 0 Å². The summed E-state index contributed by atoms with van der Waals surface area (Å²) in [4.78, 5) is 26.2. The summed E-state index contributed by atoms with van der Waals surface area (Å²) in [6.45, 7) is 4.45. The van der Waals surface area contributed by atoms with Gasteiger partial charge in [-0.25, -0.2) is 4.79 Å². The van der Waals surface area contributed by atoms with Crippen molar-refractivity contribution in [2.24, 2.45) is 0 Å². The highest BCUT2D eigenvalue weighted by Crippen LogP contribution is 2.23. The van der Waals surface area contributed by atoms with E-state index in [2.05, 4.69) is 10.2 Å². The molecular formula is C18H20N2O4. The highest BCUT2D eigenvalue weighted by molar-refractivity contribution is 6.14. The summed E-state index contributed by atoms with van der Waals surface area (Å²) >= 11 is 0. The number of carbonyl (C=O) groups excluding carboxylic acids is 1. The van der Waals surface area contributed by atoms with E-state index in [1.54, 1.807) is 18.2 Å². The highest BCUT2D eigenvalue weighted by atomic mass is 16.5. The van der Waals surface area contributed by atoms with E-state index in [1.165, 1.54) is 6.07 Å². The van der Waals surface area contributed by atoms with Gasteiger partial charge in [-0.15, -0.1) is 0 Å². The lowest BCUT2D eigenvalue weighted by molar-refractivity contribution is 0.0383. The van der Waals surface area contributed by atoms with Crippen LogP contribution in [0.25, 0.3) is 10.8 Å². The molecule has 2 N–H and O–H groups in total. The molecule has 1 amide bonds. The average Bonchev–Trinajstić information content (AvgIpc) is 2.61. The fourth-order valence-corrected chi connectivity index (χ4v) is 2.96. The SMILES string of the molecule is O=C(O)c1cccc2cccc(C(=O)NCCN3CCOCC3)c12. The fraction of sp³-hybridized carbons (Fsp3) is 0.333. The van der Waals surface area contributed by atoms with E-state index < -0.39 is 5.97 Å². The van der Waals surface area contributed by atoms with Gasteiger partial charge in [0, 0.05) is 37.1 Å². The molecule has 6 heteroatoms. The molecule has 1 fully saturated rings. The number of carbonyl (C=O) groups is 2. The molecule has 0 radical (unpaired) electrons. The molecule has 0 bridgehead atoms. The Kier molecular flexibility index (Phi) is 5.08. The molecule has 0 spiro atoms. The van der Waals surface area contributed by atoms with Crippen LogP contribution < -0.4 is 5.32 Å².